The van der Waals surface area contributed by atoms with Gasteiger partial charge in [-0.3, -0.25) is 4.98 Å². The highest BCUT2D eigenvalue weighted by molar-refractivity contribution is 5.93. The SMILES string of the molecule is CCC1OCCC1CNc1cc(C)nc2ccc(N)cc12. The molecule has 0 amide bonds. The Hall–Kier alpha value is -1.81. The molecule has 0 aliphatic carbocycles. The van der Waals surface area contributed by atoms with Crippen LogP contribution in [-0.4, -0.2) is 24.2 Å². The third kappa shape index (κ3) is 2.95. The van der Waals surface area contributed by atoms with Crippen molar-refractivity contribution in [1.29, 1.82) is 0 Å². The number of nitrogens with zero attached hydrogens (tertiary/aromatic N) is 1. The molecule has 1 aliphatic heterocycles. The van der Waals surface area contributed by atoms with Gasteiger partial charge in [0.05, 0.1) is 11.6 Å². The molecule has 0 bridgehead atoms. The van der Waals surface area contributed by atoms with Crippen molar-refractivity contribution in [3.8, 4) is 0 Å². The van der Waals surface area contributed by atoms with E-state index in [-0.39, 0.29) is 0 Å². The first kappa shape index (κ1) is 14.1. The molecule has 1 aliphatic rings. The zero-order valence-electron chi connectivity index (χ0n) is 12.7. The van der Waals surface area contributed by atoms with Crippen molar-refractivity contribution < 1.29 is 4.74 Å². The lowest BCUT2D eigenvalue weighted by Gasteiger charge is -2.19. The van der Waals surface area contributed by atoms with Crippen molar-refractivity contribution in [1.82, 2.24) is 4.98 Å². The van der Waals surface area contributed by atoms with E-state index in [1.165, 1.54) is 0 Å². The minimum Gasteiger partial charge on any atom is -0.399 e. The number of aromatic nitrogens is 1. The summed E-state index contributed by atoms with van der Waals surface area (Å²) in [5.74, 6) is 0.583. The van der Waals surface area contributed by atoms with Gasteiger partial charge in [-0.1, -0.05) is 6.92 Å². The number of ether oxygens (including phenoxy) is 1. The molecule has 2 aromatic rings. The largest absolute Gasteiger partial charge is 0.399 e. The van der Waals surface area contributed by atoms with Crippen molar-refractivity contribution in [2.24, 2.45) is 5.92 Å². The van der Waals surface area contributed by atoms with Crippen LogP contribution in [0.25, 0.3) is 10.9 Å². The molecule has 3 rings (SSSR count). The number of hydrogen-bond acceptors (Lipinski definition) is 4. The third-order valence-electron chi connectivity index (χ3n) is 4.26. The first-order valence-electron chi connectivity index (χ1n) is 7.69. The Kier molecular flexibility index (Phi) is 3.97. The third-order valence-corrected chi connectivity index (χ3v) is 4.26. The van der Waals surface area contributed by atoms with Crippen molar-refractivity contribution in [3.05, 3.63) is 30.0 Å². The highest BCUT2D eigenvalue weighted by Gasteiger charge is 2.26. The summed E-state index contributed by atoms with van der Waals surface area (Å²) in [6.45, 7) is 6.03. The van der Waals surface area contributed by atoms with Gasteiger partial charge in [-0.05, 0) is 44.0 Å². The number of nitrogens with two attached hydrogens (primary N) is 1. The number of aryl methyl sites for hydroxylation is 1. The van der Waals surface area contributed by atoms with Gasteiger partial charge in [-0.25, -0.2) is 0 Å². The lowest BCUT2D eigenvalue weighted by molar-refractivity contribution is 0.0900. The molecule has 2 unspecified atom stereocenters. The van der Waals surface area contributed by atoms with Crippen molar-refractivity contribution >= 4 is 22.3 Å². The Morgan fingerprint density at radius 3 is 3.05 bits per heavy atom. The fraction of sp³-hybridized carbons (Fsp3) is 0.471. The van der Waals surface area contributed by atoms with Crippen LogP contribution in [0.5, 0.6) is 0 Å². The van der Waals surface area contributed by atoms with Gasteiger partial charge in [0.15, 0.2) is 0 Å². The molecule has 2 heterocycles. The van der Waals surface area contributed by atoms with Gasteiger partial charge in [0.2, 0.25) is 0 Å². The van der Waals surface area contributed by atoms with Crippen LogP contribution in [0.1, 0.15) is 25.5 Å². The standard InChI is InChI=1S/C17H23N3O/c1-3-17-12(6-7-21-17)10-19-16-8-11(2)20-15-5-4-13(18)9-14(15)16/h4-5,8-9,12,17H,3,6-7,10,18H2,1-2H3,(H,19,20). The maximum Gasteiger partial charge on any atom is 0.0727 e. The van der Waals surface area contributed by atoms with Crippen molar-refractivity contribution in [2.45, 2.75) is 32.8 Å². The number of fused-ring (bicyclic) bond motifs is 1. The van der Waals surface area contributed by atoms with Crippen LogP contribution >= 0.6 is 0 Å². The highest BCUT2D eigenvalue weighted by Crippen LogP contribution is 2.28. The maximum absolute atomic E-state index is 5.92. The van der Waals surface area contributed by atoms with Crippen LogP contribution in [0, 0.1) is 12.8 Å². The van der Waals surface area contributed by atoms with Crippen molar-refractivity contribution in [3.63, 3.8) is 0 Å². The predicted octanol–water partition coefficient (Wildman–Crippen LogP) is 3.35. The molecule has 112 valence electrons. The summed E-state index contributed by atoms with van der Waals surface area (Å²) in [4.78, 5) is 4.57. The van der Waals surface area contributed by atoms with Gasteiger partial charge >= 0.3 is 0 Å². The molecule has 4 heteroatoms. The van der Waals surface area contributed by atoms with Crippen LogP contribution < -0.4 is 11.1 Å². The second-order valence-electron chi connectivity index (χ2n) is 5.83. The second-order valence-corrected chi connectivity index (χ2v) is 5.83. The number of rotatable bonds is 4. The van der Waals surface area contributed by atoms with Crippen LogP contribution in [0.2, 0.25) is 0 Å². The minimum absolute atomic E-state index is 0.386. The number of hydrogen-bond donors (Lipinski definition) is 2. The molecule has 21 heavy (non-hydrogen) atoms. The normalized spacial score (nSPS) is 21.8. The van der Waals surface area contributed by atoms with E-state index < -0.39 is 0 Å². The van der Waals surface area contributed by atoms with Crippen LogP contribution in [-0.2, 0) is 4.74 Å². The average Bonchev–Trinajstić information content (AvgIpc) is 2.92. The number of nitrogen functional groups attached to an aromatic ring is 1. The monoisotopic (exact) mass is 285 g/mol. The predicted molar refractivity (Wildman–Crippen MR) is 87.5 cm³/mol. The van der Waals surface area contributed by atoms with E-state index in [1.54, 1.807) is 0 Å². The molecule has 0 saturated carbocycles. The van der Waals surface area contributed by atoms with E-state index >= 15 is 0 Å². The molecular formula is C17H23N3O. The Morgan fingerprint density at radius 2 is 2.24 bits per heavy atom. The number of nitrogens with one attached hydrogen (secondary N) is 1. The molecule has 0 radical (unpaired) electrons. The van der Waals surface area contributed by atoms with Gasteiger partial charge in [0.1, 0.15) is 0 Å². The fourth-order valence-electron chi connectivity index (χ4n) is 3.14. The van der Waals surface area contributed by atoms with E-state index in [0.29, 0.717) is 12.0 Å². The van der Waals surface area contributed by atoms with E-state index in [9.17, 15) is 0 Å². The Labute approximate surface area is 125 Å². The summed E-state index contributed by atoms with van der Waals surface area (Å²) in [7, 11) is 0. The lowest BCUT2D eigenvalue weighted by atomic mass is 9.99. The Morgan fingerprint density at radius 1 is 1.38 bits per heavy atom. The van der Waals surface area contributed by atoms with Crippen LogP contribution in [0.3, 0.4) is 0 Å². The van der Waals surface area contributed by atoms with Gasteiger partial charge in [-0.2, -0.15) is 0 Å². The van der Waals surface area contributed by atoms with Crippen LogP contribution in [0.4, 0.5) is 11.4 Å². The second kappa shape index (κ2) is 5.90. The summed E-state index contributed by atoms with van der Waals surface area (Å²) in [6, 6.07) is 7.97. The Bertz CT molecular complexity index is 641. The first-order valence-corrected chi connectivity index (χ1v) is 7.69. The molecule has 1 fully saturated rings. The molecule has 1 saturated heterocycles. The number of anilines is 2. The highest BCUT2D eigenvalue weighted by atomic mass is 16.5. The molecule has 2 atom stereocenters. The molecular weight excluding hydrogens is 262 g/mol. The number of pyridine rings is 1. The Balaban J connectivity index is 1.84. The first-order chi connectivity index (χ1) is 10.2. The lowest BCUT2D eigenvalue weighted by Crippen LogP contribution is -2.22. The van der Waals surface area contributed by atoms with Crippen LogP contribution in [0.15, 0.2) is 24.3 Å². The smallest absolute Gasteiger partial charge is 0.0727 e. The molecule has 4 nitrogen and oxygen atoms in total. The van der Waals surface area contributed by atoms with E-state index in [1.807, 2.05) is 25.1 Å². The summed E-state index contributed by atoms with van der Waals surface area (Å²) in [6.07, 6.45) is 2.60. The summed E-state index contributed by atoms with van der Waals surface area (Å²) < 4.78 is 5.76. The zero-order chi connectivity index (χ0) is 14.8. The van der Waals surface area contributed by atoms with Crippen molar-refractivity contribution in [2.75, 3.05) is 24.2 Å². The molecule has 1 aromatic carbocycles. The summed E-state index contributed by atoms with van der Waals surface area (Å²) in [5.41, 5.74) is 9.81. The molecule has 3 N–H and O–H groups in total. The van der Waals surface area contributed by atoms with Gasteiger partial charge in [-0.15, -0.1) is 0 Å². The quantitative estimate of drug-likeness (QED) is 0.846. The van der Waals surface area contributed by atoms with E-state index in [0.717, 1.165) is 54.0 Å². The van der Waals surface area contributed by atoms with E-state index in [4.69, 9.17) is 10.5 Å². The average molecular weight is 285 g/mol. The van der Waals surface area contributed by atoms with Gasteiger partial charge in [0, 0.05) is 41.5 Å². The van der Waals surface area contributed by atoms with Gasteiger partial charge in [0.25, 0.3) is 0 Å². The molecule has 0 spiro atoms. The number of benzene rings is 1. The van der Waals surface area contributed by atoms with E-state index in [2.05, 4.69) is 23.3 Å². The minimum atomic E-state index is 0.386. The molecule has 1 aromatic heterocycles. The maximum atomic E-state index is 5.92. The summed E-state index contributed by atoms with van der Waals surface area (Å²) in [5, 5.41) is 4.68. The zero-order valence-corrected chi connectivity index (χ0v) is 12.7. The topological polar surface area (TPSA) is 60.2 Å². The van der Waals surface area contributed by atoms with Gasteiger partial charge < -0.3 is 15.8 Å². The summed E-state index contributed by atoms with van der Waals surface area (Å²) >= 11 is 0. The fourth-order valence-corrected chi connectivity index (χ4v) is 3.14.